The van der Waals surface area contributed by atoms with Gasteiger partial charge in [-0.2, -0.15) is 0 Å². The van der Waals surface area contributed by atoms with Crippen molar-refractivity contribution in [1.29, 1.82) is 0 Å². The molecule has 0 aliphatic rings. The molecule has 0 fully saturated rings. The number of para-hydroxylation sites is 1. The molecular weight excluding hydrogens is 270 g/mol. The molecule has 0 aliphatic heterocycles. The van der Waals surface area contributed by atoms with Crippen molar-refractivity contribution in [3.8, 4) is 5.75 Å². The van der Waals surface area contributed by atoms with Gasteiger partial charge in [0.25, 0.3) is 5.56 Å². The van der Waals surface area contributed by atoms with Crippen LogP contribution < -0.4 is 16.0 Å². The number of oxime groups is 1. The first-order chi connectivity index (χ1) is 10.1. The summed E-state index contributed by atoms with van der Waals surface area (Å²) >= 11 is 0. The molecule has 1 aromatic heterocycles. The Kier molecular flexibility index (Phi) is 4.27. The van der Waals surface area contributed by atoms with Gasteiger partial charge in [0, 0.05) is 11.3 Å². The first-order valence-electron chi connectivity index (χ1n) is 6.38. The Morgan fingerprint density at radius 3 is 2.71 bits per heavy atom. The minimum Gasteiger partial charge on any atom is -0.496 e. The number of amidine groups is 1. The number of benzene rings is 1. The third-order valence-electron chi connectivity index (χ3n) is 3.30. The maximum Gasteiger partial charge on any atom is 0.262 e. The average Bonchev–Trinajstić information content (AvgIpc) is 2.51. The minimum atomic E-state index is -0.309. The molecule has 1 heterocycles. The summed E-state index contributed by atoms with van der Waals surface area (Å²) in [6, 6.07) is 10.8. The van der Waals surface area contributed by atoms with Crippen molar-refractivity contribution in [1.82, 2.24) is 4.57 Å². The van der Waals surface area contributed by atoms with E-state index in [1.807, 2.05) is 31.2 Å². The second kappa shape index (κ2) is 6.13. The van der Waals surface area contributed by atoms with E-state index in [1.165, 1.54) is 0 Å². The highest BCUT2D eigenvalue weighted by Gasteiger charge is 2.12. The molecule has 110 valence electrons. The second-order valence-electron chi connectivity index (χ2n) is 4.58. The van der Waals surface area contributed by atoms with E-state index in [1.54, 1.807) is 23.8 Å². The molecule has 0 amide bonds. The van der Waals surface area contributed by atoms with Gasteiger partial charge in [0.15, 0.2) is 5.84 Å². The van der Waals surface area contributed by atoms with Crippen LogP contribution in [-0.2, 0) is 6.54 Å². The fourth-order valence-corrected chi connectivity index (χ4v) is 2.12. The largest absolute Gasteiger partial charge is 0.496 e. The second-order valence-corrected chi connectivity index (χ2v) is 4.58. The molecule has 0 bridgehead atoms. The van der Waals surface area contributed by atoms with Crippen molar-refractivity contribution < 1.29 is 9.94 Å². The number of nitrogens with zero attached hydrogens (tertiary/aromatic N) is 2. The Hall–Kier alpha value is -2.76. The topological polar surface area (TPSA) is 89.8 Å². The summed E-state index contributed by atoms with van der Waals surface area (Å²) in [6.45, 7) is 2.17. The van der Waals surface area contributed by atoms with E-state index in [9.17, 15) is 4.79 Å². The van der Waals surface area contributed by atoms with Crippen LogP contribution in [0, 0.1) is 6.92 Å². The first-order valence-corrected chi connectivity index (χ1v) is 6.38. The molecule has 0 radical (unpaired) electrons. The van der Waals surface area contributed by atoms with Crippen LogP contribution in [0.2, 0.25) is 0 Å². The molecule has 0 saturated heterocycles. The van der Waals surface area contributed by atoms with E-state index in [4.69, 9.17) is 15.7 Å². The van der Waals surface area contributed by atoms with Crippen molar-refractivity contribution in [2.75, 3.05) is 7.11 Å². The van der Waals surface area contributed by atoms with Gasteiger partial charge in [-0.3, -0.25) is 4.79 Å². The van der Waals surface area contributed by atoms with Crippen LogP contribution in [0.4, 0.5) is 0 Å². The van der Waals surface area contributed by atoms with Crippen molar-refractivity contribution >= 4 is 5.84 Å². The molecule has 6 nitrogen and oxygen atoms in total. The van der Waals surface area contributed by atoms with Gasteiger partial charge >= 0.3 is 0 Å². The third-order valence-corrected chi connectivity index (χ3v) is 3.30. The van der Waals surface area contributed by atoms with E-state index in [-0.39, 0.29) is 17.0 Å². The van der Waals surface area contributed by atoms with Crippen molar-refractivity contribution in [2.45, 2.75) is 13.5 Å². The van der Waals surface area contributed by atoms with Crippen LogP contribution in [0.15, 0.2) is 46.3 Å². The Labute approximate surface area is 122 Å². The average molecular weight is 287 g/mol. The highest BCUT2D eigenvalue weighted by atomic mass is 16.5. The van der Waals surface area contributed by atoms with E-state index < -0.39 is 0 Å². The molecular formula is C15H17N3O3. The number of aryl methyl sites for hydroxylation is 1. The van der Waals surface area contributed by atoms with Crippen LogP contribution in [0.1, 0.15) is 16.8 Å². The van der Waals surface area contributed by atoms with E-state index >= 15 is 0 Å². The summed E-state index contributed by atoms with van der Waals surface area (Å²) in [5.41, 5.74) is 7.04. The summed E-state index contributed by atoms with van der Waals surface area (Å²) < 4.78 is 6.85. The van der Waals surface area contributed by atoms with Gasteiger partial charge in [-0.1, -0.05) is 23.4 Å². The molecule has 21 heavy (non-hydrogen) atoms. The van der Waals surface area contributed by atoms with Crippen molar-refractivity contribution in [3.63, 3.8) is 0 Å². The maximum absolute atomic E-state index is 12.4. The normalized spacial score (nSPS) is 11.4. The zero-order chi connectivity index (χ0) is 15.4. The van der Waals surface area contributed by atoms with Crippen LogP contribution >= 0.6 is 0 Å². The number of ether oxygens (including phenoxy) is 1. The molecule has 0 saturated carbocycles. The Bertz CT molecular complexity index is 735. The van der Waals surface area contributed by atoms with Crippen molar-refractivity contribution in [3.05, 3.63) is 63.6 Å². The third kappa shape index (κ3) is 2.89. The molecule has 0 spiro atoms. The number of nitrogens with two attached hydrogens (primary N) is 1. The molecule has 6 heteroatoms. The smallest absolute Gasteiger partial charge is 0.262 e. The van der Waals surface area contributed by atoms with Gasteiger partial charge in [-0.25, -0.2) is 0 Å². The van der Waals surface area contributed by atoms with Crippen LogP contribution in [0.3, 0.4) is 0 Å². The SMILES string of the molecule is COc1ccccc1Cn1c(C)ccc(/C(N)=N/O)c1=O. The maximum atomic E-state index is 12.4. The summed E-state index contributed by atoms with van der Waals surface area (Å²) in [5.74, 6) is 0.506. The molecule has 0 atom stereocenters. The van der Waals surface area contributed by atoms with Crippen molar-refractivity contribution in [2.24, 2.45) is 10.9 Å². The molecule has 1 aromatic carbocycles. The Balaban J connectivity index is 2.52. The molecule has 2 aromatic rings. The number of methoxy groups -OCH3 is 1. The zero-order valence-corrected chi connectivity index (χ0v) is 11.9. The van der Waals surface area contributed by atoms with E-state index in [0.29, 0.717) is 12.3 Å². The minimum absolute atomic E-state index is 0.165. The molecule has 2 rings (SSSR count). The lowest BCUT2D eigenvalue weighted by molar-refractivity contribution is 0.318. The van der Waals surface area contributed by atoms with Crippen LogP contribution in [-0.4, -0.2) is 22.7 Å². The highest BCUT2D eigenvalue weighted by molar-refractivity contribution is 5.96. The summed E-state index contributed by atoms with van der Waals surface area (Å²) in [6.07, 6.45) is 0. The number of hydrogen-bond acceptors (Lipinski definition) is 4. The van der Waals surface area contributed by atoms with Gasteiger partial charge in [0.1, 0.15) is 5.75 Å². The lowest BCUT2D eigenvalue weighted by Crippen LogP contribution is -2.31. The van der Waals surface area contributed by atoms with E-state index in [0.717, 1.165) is 11.3 Å². The number of rotatable bonds is 4. The Morgan fingerprint density at radius 2 is 2.05 bits per heavy atom. The Morgan fingerprint density at radius 1 is 1.33 bits per heavy atom. The standard InChI is InChI=1S/C15H17N3O3/c1-10-7-8-12(14(16)17-20)15(19)18(10)9-11-5-3-4-6-13(11)21-2/h3-8,20H,9H2,1-2H3,(H2,16,17). The van der Waals surface area contributed by atoms with Gasteiger partial charge in [-0.05, 0) is 25.1 Å². The fourth-order valence-electron chi connectivity index (χ4n) is 2.12. The monoisotopic (exact) mass is 287 g/mol. The highest BCUT2D eigenvalue weighted by Crippen LogP contribution is 2.18. The summed E-state index contributed by atoms with van der Waals surface area (Å²) in [4.78, 5) is 12.4. The van der Waals surface area contributed by atoms with E-state index in [2.05, 4.69) is 5.16 Å². The molecule has 3 N–H and O–H groups in total. The van der Waals surface area contributed by atoms with Crippen LogP contribution in [0.5, 0.6) is 5.75 Å². The van der Waals surface area contributed by atoms with Crippen LogP contribution in [0.25, 0.3) is 0 Å². The fraction of sp³-hybridized carbons (Fsp3) is 0.200. The molecule has 0 unspecified atom stereocenters. The predicted octanol–water partition coefficient (Wildman–Crippen LogP) is 1.31. The quantitative estimate of drug-likeness (QED) is 0.384. The predicted molar refractivity (Wildman–Crippen MR) is 80.0 cm³/mol. The molecule has 0 aliphatic carbocycles. The first kappa shape index (κ1) is 14.6. The van der Waals surface area contributed by atoms with Gasteiger partial charge in [0.05, 0.1) is 19.2 Å². The van der Waals surface area contributed by atoms with Gasteiger partial charge in [-0.15, -0.1) is 0 Å². The van der Waals surface area contributed by atoms with Gasteiger partial charge < -0.3 is 20.2 Å². The summed E-state index contributed by atoms with van der Waals surface area (Å²) in [5, 5.41) is 11.6. The summed E-state index contributed by atoms with van der Waals surface area (Å²) in [7, 11) is 1.58. The lowest BCUT2D eigenvalue weighted by atomic mass is 10.1. The zero-order valence-electron chi connectivity index (χ0n) is 11.9. The number of pyridine rings is 1. The number of aromatic nitrogens is 1. The number of hydrogen-bond donors (Lipinski definition) is 2. The van der Waals surface area contributed by atoms with Gasteiger partial charge in [0.2, 0.25) is 0 Å². The lowest BCUT2D eigenvalue weighted by Gasteiger charge is -2.14.